The Morgan fingerprint density at radius 3 is 2.88 bits per heavy atom. The molecule has 1 N–H and O–H groups in total. The van der Waals surface area contributed by atoms with Crippen LogP contribution in [0, 0.1) is 5.82 Å². The largest absolute Gasteiger partial charge is 0.383 e. The molecule has 4 aromatic rings. The first kappa shape index (κ1) is 14.3. The minimum Gasteiger partial charge on any atom is -0.383 e. The van der Waals surface area contributed by atoms with Gasteiger partial charge in [0.15, 0.2) is 11.5 Å². The van der Waals surface area contributed by atoms with E-state index in [9.17, 15) is 14.3 Å². The van der Waals surface area contributed by atoms with Crippen molar-refractivity contribution in [2.45, 2.75) is 18.4 Å². The maximum atomic E-state index is 14.1. The quantitative estimate of drug-likeness (QED) is 0.585. The van der Waals surface area contributed by atoms with Crippen molar-refractivity contribution < 1.29 is 9.50 Å². The lowest BCUT2D eigenvalue weighted by Crippen LogP contribution is -2.21. The van der Waals surface area contributed by atoms with E-state index in [2.05, 4.69) is 15.3 Å². The van der Waals surface area contributed by atoms with Crippen LogP contribution in [0.4, 0.5) is 4.39 Å². The SMILES string of the molecule is Cn1c(=O)c2c(F)cccc2n2cnc(-n3cc(C4(O)CC4)nn3)c12. The summed E-state index contributed by atoms with van der Waals surface area (Å²) in [7, 11) is 1.56. The van der Waals surface area contributed by atoms with Gasteiger partial charge in [-0.1, -0.05) is 11.3 Å². The monoisotopic (exact) mass is 340 g/mol. The Labute approximate surface area is 139 Å². The molecule has 8 nitrogen and oxygen atoms in total. The number of benzene rings is 1. The minimum atomic E-state index is -0.907. The van der Waals surface area contributed by atoms with Gasteiger partial charge in [-0.15, -0.1) is 5.10 Å². The smallest absolute Gasteiger partial charge is 0.264 e. The Bertz CT molecular complexity index is 1220. The van der Waals surface area contributed by atoms with Gasteiger partial charge in [-0.25, -0.2) is 9.37 Å². The molecule has 0 aliphatic heterocycles. The van der Waals surface area contributed by atoms with E-state index >= 15 is 0 Å². The van der Waals surface area contributed by atoms with Gasteiger partial charge in [0.25, 0.3) is 5.56 Å². The standard InChI is InChI=1S/C16H13FN6O2/c1-21-14-13(23-7-11(19-20-23)16(25)5-6-16)18-8-22(14)10-4-2-3-9(17)12(10)15(21)24/h2-4,7-8,25H,5-6H2,1H3. The summed E-state index contributed by atoms with van der Waals surface area (Å²) in [4.78, 5) is 16.9. The zero-order valence-electron chi connectivity index (χ0n) is 13.2. The fourth-order valence-electron chi connectivity index (χ4n) is 3.13. The molecule has 0 amide bonds. The van der Waals surface area contributed by atoms with E-state index in [0.29, 0.717) is 35.5 Å². The third kappa shape index (κ3) is 1.84. The summed E-state index contributed by atoms with van der Waals surface area (Å²) in [5.41, 5.74) is 0.00418. The molecule has 1 fully saturated rings. The molecule has 1 aliphatic rings. The number of imidazole rings is 1. The van der Waals surface area contributed by atoms with Gasteiger partial charge in [0.05, 0.1) is 17.1 Å². The predicted molar refractivity (Wildman–Crippen MR) is 85.9 cm³/mol. The van der Waals surface area contributed by atoms with Crippen LogP contribution >= 0.6 is 0 Å². The van der Waals surface area contributed by atoms with Crippen molar-refractivity contribution in [1.82, 2.24) is 28.9 Å². The lowest BCUT2D eigenvalue weighted by molar-refractivity contribution is 0.146. The first-order valence-corrected chi connectivity index (χ1v) is 7.79. The topological polar surface area (TPSA) is 90.2 Å². The van der Waals surface area contributed by atoms with E-state index < -0.39 is 17.0 Å². The van der Waals surface area contributed by atoms with Crippen LogP contribution in [-0.2, 0) is 12.6 Å². The summed E-state index contributed by atoms with van der Waals surface area (Å²) in [5, 5.41) is 18.2. The molecule has 0 unspecified atom stereocenters. The highest BCUT2D eigenvalue weighted by molar-refractivity contribution is 5.82. The van der Waals surface area contributed by atoms with E-state index in [1.165, 1.54) is 21.6 Å². The Kier molecular flexibility index (Phi) is 2.58. The number of aryl methyl sites for hydroxylation is 1. The lowest BCUT2D eigenvalue weighted by Gasteiger charge is -2.08. The molecule has 0 saturated heterocycles. The summed E-state index contributed by atoms with van der Waals surface area (Å²) >= 11 is 0. The molecule has 1 saturated carbocycles. The number of hydrogen-bond acceptors (Lipinski definition) is 5. The Hall–Kier alpha value is -3.07. The number of aliphatic hydroxyl groups is 1. The van der Waals surface area contributed by atoms with Gasteiger partial charge >= 0.3 is 0 Å². The van der Waals surface area contributed by atoms with Crippen LogP contribution in [0.2, 0.25) is 0 Å². The second kappa shape index (κ2) is 4.51. The van der Waals surface area contributed by atoms with Crippen molar-refractivity contribution >= 4 is 16.6 Å². The van der Waals surface area contributed by atoms with Gasteiger partial charge in [0.2, 0.25) is 0 Å². The van der Waals surface area contributed by atoms with E-state index in [0.717, 1.165) is 0 Å². The predicted octanol–water partition coefficient (Wildman–Crippen LogP) is 0.887. The molecule has 3 heterocycles. The van der Waals surface area contributed by atoms with Crippen LogP contribution < -0.4 is 5.56 Å². The molecule has 1 aromatic carbocycles. The Morgan fingerprint density at radius 1 is 1.32 bits per heavy atom. The van der Waals surface area contributed by atoms with Crippen molar-refractivity contribution in [2.75, 3.05) is 0 Å². The van der Waals surface area contributed by atoms with Crippen LogP contribution in [0.1, 0.15) is 18.5 Å². The summed E-state index contributed by atoms with van der Waals surface area (Å²) in [6.07, 6.45) is 4.42. The molecule has 5 rings (SSSR count). The molecule has 0 atom stereocenters. The van der Waals surface area contributed by atoms with Crippen LogP contribution in [0.3, 0.4) is 0 Å². The number of aromatic nitrogens is 6. The second-order valence-corrected chi connectivity index (χ2v) is 6.34. The molecule has 1 aliphatic carbocycles. The zero-order valence-corrected chi connectivity index (χ0v) is 13.2. The van der Waals surface area contributed by atoms with Crippen LogP contribution in [0.5, 0.6) is 0 Å². The third-order valence-electron chi connectivity index (χ3n) is 4.72. The molecule has 9 heteroatoms. The second-order valence-electron chi connectivity index (χ2n) is 6.34. The first-order chi connectivity index (χ1) is 12.0. The van der Waals surface area contributed by atoms with E-state index in [-0.39, 0.29) is 5.39 Å². The van der Waals surface area contributed by atoms with Gasteiger partial charge in [0.1, 0.15) is 23.4 Å². The summed E-state index contributed by atoms with van der Waals surface area (Å²) in [6.45, 7) is 0. The van der Waals surface area contributed by atoms with Gasteiger partial charge in [-0.05, 0) is 25.0 Å². The maximum absolute atomic E-state index is 14.1. The highest BCUT2D eigenvalue weighted by Crippen LogP contribution is 2.44. The molecule has 3 aromatic heterocycles. The summed E-state index contributed by atoms with van der Waals surface area (Å²) in [6, 6.07) is 4.47. The van der Waals surface area contributed by atoms with Gasteiger partial charge in [-0.3, -0.25) is 13.8 Å². The average molecular weight is 340 g/mol. The van der Waals surface area contributed by atoms with Gasteiger partial charge < -0.3 is 5.11 Å². The number of rotatable bonds is 2. The van der Waals surface area contributed by atoms with Crippen molar-refractivity contribution in [3.63, 3.8) is 0 Å². The Balaban J connectivity index is 1.83. The van der Waals surface area contributed by atoms with Crippen LogP contribution in [0.25, 0.3) is 22.4 Å². The van der Waals surface area contributed by atoms with Crippen molar-refractivity contribution in [3.8, 4) is 5.82 Å². The number of halogens is 1. The molecular weight excluding hydrogens is 327 g/mol. The number of nitrogens with zero attached hydrogens (tertiary/aromatic N) is 6. The summed E-state index contributed by atoms with van der Waals surface area (Å²) in [5.74, 6) is -0.192. The Morgan fingerprint density at radius 2 is 2.12 bits per heavy atom. The fraction of sp³-hybridized carbons (Fsp3) is 0.250. The van der Waals surface area contributed by atoms with Gasteiger partial charge in [-0.2, -0.15) is 4.68 Å². The van der Waals surface area contributed by atoms with Crippen molar-refractivity contribution in [3.05, 3.63) is 52.6 Å². The molecule has 0 radical (unpaired) electrons. The number of hydrogen-bond donors (Lipinski definition) is 1. The first-order valence-electron chi connectivity index (χ1n) is 7.79. The van der Waals surface area contributed by atoms with E-state index in [4.69, 9.17) is 0 Å². The lowest BCUT2D eigenvalue weighted by atomic mass is 10.2. The van der Waals surface area contributed by atoms with Crippen molar-refractivity contribution in [1.29, 1.82) is 0 Å². The molecular formula is C16H13FN6O2. The van der Waals surface area contributed by atoms with Crippen LogP contribution in [0.15, 0.2) is 35.5 Å². The molecule has 25 heavy (non-hydrogen) atoms. The van der Waals surface area contributed by atoms with Crippen LogP contribution in [-0.4, -0.2) is 34.1 Å². The molecule has 0 bridgehead atoms. The zero-order chi connectivity index (χ0) is 17.3. The van der Waals surface area contributed by atoms with Gasteiger partial charge in [0, 0.05) is 7.05 Å². The highest BCUT2D eigenvalue weighted by atomic mass is 19.1. The average Bonchev–Trinajstić information content (AvgIpc) is 3.04. The maximum Gasteiger partial charge on any atom is 0.264 e. The van der Waals surface area contributed by atoms with E-state index in [1.54, 1.807) is 29.8 Å². The molecule has 0 spiro atoms. The normalized spacial score (nSPS) is 16.0. The third-order valence-corrected chi connectivity index (χ3v) is 4.72. The summed E-state index contributed by atoms with van der Waals surface area (Å²) < 4.78 is 18.5. The highest BCUT2D eigenvalue weighted by Gasteiger charge is 2.45. The fourth-order valence-corrected chi connectivity index (χ4v) is 3.13. The molecule has 126 valence electrons. The van der Waals surface area contributed by atoms with E-state index in [1.807, 2.05) is 0 Å². The minimum absolute atomic E-state index is 0.00743. The number of fused-ring (bicyclic) bond motifs is 3. The van der Waals surface area contributed by atoms with Crippen molar-refractivity contribution in [2.24, 2.45) is 7.05 Å².